The summed E-state index contributed by atoms with van der Waals surface area (Å²) in [6, 6.07) is 13.5. The second-order valence-corrected chi connectivity index (χ2v) is 9.02. The summed E-state index contributed by atoms with van der Waals surface area (Å²) in [6.07, 6.45) is -4.45. The van der Waals surface area contributed by atoms with Crippen LogP contribution in [-0.2, 0) is 27.1 Å². The molecule has 3 rings (SSSR count). The van der Waals surface area contributed by atoms with Gasteiger partial charge in [-0.1, -0.05) is 35.9 Å². The fraction of sp³-hybridized carbons (Fsp3) is 0.269. The van der Waals surface area contributed by atoms with Gasteiger partial charge < -0.3 is 15.2 Å². The van der Waals surface area contributed by atoms with E-state index in [4.69, 9.17) is 21.4 Å². The van der Waals surface area contributed by atoms with Crippen LogP contribution in [0.25, 0.3) is 22.4 Å². The Kier molecular flexibility index (Phi) is 8.05. The summed E-state index contributed by atoms with van der Waals surface area (Å²) in [4.78, 5) is 27.7. The van der Waals surface area contributed by atoms with Crippen molar-refractivity contribution in [2.75, 3.05) is 6.54 Å². The number of hydrogen-bond acceptors (Lipinski definition) is 4. The van der Waals surface area contributed by atoms with Crippen LogP contribution in [0.2, 0.25) is 5.02 Å². The van der Waals surface area contributed by atoms with Crippen LogP contribution in [0.15, 0.2) is 54.6 Å². The minimum atomic E-state index is -4.45. The topological polar surface area (TPSA) is 88.5 Å². The van der Waals surface area contributed by atoms with Crippen LogP contribution in [0.4, 0.5) is 13.2 Å². The van der Waals surface area contributed by atoms with Crippen molar-refractivity contribution in [3.05, 3.63) is 76.4 Å². The quantitative estimate of drug-likeness (QED) is 0.386. The van der Waals surface area contributed by atoms with Gasteiger partial charge in [0.2, 0.25) is 0 Å². The Labute approximate surface area is 211 Å². The van der Waals surface area contributed by atoms with E-state index in [-0.39, 0.29) is 6.61 Å². The maximum atomic E-state index is 13.0. The molecule has 0 aliphatic heterocycles. The third kappa shape index (κ3) is 6.61. The lowest BCUT2D eigenvalue weighted by molar-refractivity contribution is -0.147. The zero-order valence-corrected chi connectivity index (χ0v) is 20.5. The van der Waals surface area contributed by atoms with E-state index in [1.807, 2.05) is 6.07 Å². The lowest BCUT2D eigenvalue weighted by atomic mass is 9.96. The van der Waals surface area contributed by atoms with Crippen LogP contribution in [0.3, 0.4) is 0 Å². The molecule has 10 heteroatoms. The van der Waals surface area contributed by atoms with Crippen molar-refractivity contribution >= 4 is 23.5 Å². The fourth-order valence-electron chi connectivity index (χ4n) is 3.37. The second-order valence-electron chi connectivity index (χ2n) is 8.59. The molecule has 0 bridgehead atoms. The number of aliphatic carboxylic acids is 1. The molecule has 190 valence electrons. The van der Waals surface area contributed by atoms with E-state index in [2.05, 4.69) is 10.3 Å². The van der Waals surface area contributed by atoms with Crippen molar-refractivity contribution in [1.29, 1.82) is 0 Å². The highest BCUT2D eigenvalue weighted by Crippen LogP contribution is 2.36. The third-order valence-corrected chi connectivity index (χ3v) is 5.75. The molecule has 6 nitrogen and oxygen atoms in total. The summed E-state index contributed by atoms with van der Waals surface area (Å²) in [7, 11) is 0. The van der Waals surface area contributed by atoms with Gasteiger partial charge >= 0.3 is 12.1 Å². The lowest BCUT2D eigenvalue weighted by Crippen LogP contribution is -2.45. The lowest BCUT2D eigenvalue weighted by Gasteiger charge is -2.24. The number of amides is 1. The number of alkyl halides is 3. The summed E-state index contributed by atoms with van der Waals surface area (Å²) in [5.74, 6) is -1.76. The molecule has 0 fully saturated rings. The minimum Gasteiger partial charge on any atom is -0.480 e. The predicted octanol–water partition coefficient (Wildman–Crippen LogP) is 5.89. The first-order chi connectivity index (χ1) is 16.8. The average Bonchev–Trinajstić information content (AvgIpc) is 2.81. The zero-order chi connectivity index (χ0) is 26.7. The number of nitrogens with one attached hydrogen (secondary N) is 1. The number of carbonyl (C=O) groups is 2. The summed E-state index contributed by atoms with van der Waals surface area (Å²) >= 11 is 6.03. The number of rotatable bonds is 8. The molecule has 0 radical (unpaired) electrons. The first-order valence-electron chi connectivity index (χ1n) is 10.9. The largest absolute Gasteiger partial charge is 0.480 e. The fourth-order valence-corrected chi connectivity index (χ4v) is 3.50. The van der Waals surface area contributed by atoms with Crippen molar-refractivity contribution in [3.8, 4) is 22.4 Å². The molecule has 0 spiro atoms. The summed E-state index contributed by atoms with van der Waals surface area (Å²) in [5.41, 5.74) is 1.48. The molecule has 0 aliphatic rings. The molecule has 36 heavy (non-hydrogen) atoms. The van der Waals surface area contributed by atoms with E-state index >= 15 is 0 Å². The van der Waals surface area contributed by atoms with E-state index in [1.54, 1.807) is 31.2 Å². The Bertz CT molecular complexity index is 1260. The van der Waals surface area contributed by atoms with E-state index in [9.17, 15) is 22.8 Å². The van der Waals surface area contributed by atoms with Crippen LogP contribution in [0, 0.1) is 6.92 Å². The maximum absolute atomic E-state index is 13.0. The van der Waals surface area contributed by atoms with Crippen molar-refractivity contribution < 1.29 is 32.6 Å². The first-order valence-corrected chi connectivity index (χ1v) is 11.2. The first kappa shape index (κ1) is 27.2. The van der Waals surface area contributed by atoms with Gasteiger partial charge in [-0.3, -0.25) is 14.6 Å². The highest BCUT2D eigenvalue weighted by Gasteiger charge is 2.31. The zero-order valence-electron chi connectivity index (χ0n) is 19.7. The summed E-state index contributed by atoms with van der Waals surface area (Å²) in [5, 5.41) is 11.6. The van der Waals surface area contributed by atoms with Gasteiger partial charge in [-0.15, -0.1) is 0 Å². The summed E-state index contributed by atoms with van der Waals surface area (Å²) < 4.78 is 45.0. The Morgan fingerprint density at radius 2 is 1.61 bits per heavy atom. The second kappa shape index (κ2) is 10.7. The van der Waals surface area contributed by atoms with Crippen molar-refractivity contribution in [3.63, 3.8) is 0 Å². The Morgan fingerprint density at radius 3 is 2.17 bits per heavy atom. The van der Waals surface area contributed by atoms with Crippen LogP contribution in [0.5, 0.6) is 0 Å². The van der Waals surface area contributed by atoms with E-state index in [0.717, 1.165) is 17.7 Å². The van der Waals surface area contributed by atoms with Crippen LogP contribution in [-0.4, -0.2) is 34.1 Å². The van der Waals surface area contributed by atoms with Crippen LogP contribution >= 0.6 is 11.6 Å². The number of hydrogen-bond donors (Lipinski definition) is 2. The van der Waals surface area contributed by atoms with Gasteiger partial charge in [-0.05, 0) is 62.2 Å². The number of carbonyl (C=O) groups excluding carboxylic acids is 1. The van der Waals surface area contributed by atoms with Gasteiger partial charge in [0.05, 0.1) is 17.9 Å². The number of benzene rings is 2. The third-order valence-electron chi connectivity index (χ3n) is 5.49. The normalized spacial score (nSPS) is 11.9. The molecule has 0 aliphatic carbocycles. The van der Waals surface area contributed by atoms with Gasteiger partial charge in [0.25, 0.3) is 5.91 Å². The van der Waals surface area contributed by atoms with Gasteiger partial charge in [0.1, 0.15) is 12.1 Å². The average molecular weight is 521 g/mol. The number of ether oxygens (including phenoxy) is 1. The van der Waals surface area contributed by atoms with E-state index in [0.29, 0.717) is 33.1 Å². The molecule has 0 atom stereocenters. The van der Waals surface area contributed by atoms with Crippen LogP contribution in [0.1, 0.15) is 30.7 Å². The number of aryl methyl sites for hydroxylation is 1. The van der Waals surface area contributed by atoms with Crippen molar-refractivity contribution in [2.45, 2.75) is 39.2 Å². The minimum absolute atomic E-state index is 0.0137. The van der Waals surface area contributed by atoms with Gasteiger partial charge in [-0.2, -0.15) is 13.2 Å². The number of carboxylic acids is 1. The standard InChI is InChI=1S/C26H24ClF3N2O4/c1-15-18(14-36-25(2,3)24(35)31-13-22(33)34)12-21(16-6-10-20(27)11-7-16)23(32-15)17-4-8-19(9-5-17)26(28,29)30/h4-12H,13-14H2,1-3H3,(H,31,35)(H,33,34). The molecule has 1 amide bonds. The smallest absolute Gasteiger partial charge is 0.416 e. The number of halogens is 4. The van der Waals surface area contributed by atoms with E-state index in [1.165, 1.54) is 26.0 Å². The van der Waals surface area contributed by atoms with Gasteiger partial charge in [0, 0.05) is 21.8 Å². The molecule has 1 aromatic heterocycles. The maximum Gasteiger partial charge on any atom is 0.416 e. The Morgan fingerprint density at radius 1 is 1.03 bits per heavy atom. The molecule has 2 N–H and O–H groups in total. The monoisotopic (exact) mass is 520 g/mol. The molecule has 0 saturated carbocycles. The Hall–Kier alpha value is -3.43. The number of carboxylic acid groups (broad SMARTS) is 1. The summed E-state index contributed by atoms with van der Waals surface area (Å²) in [6.45, 7) is 4.22. The predicted molar refractivity (Wildman–Crippen MR) is 129 cm³/mol. The molecule has 3 aromatic rings. The number of aromatic nitrogens is 1. The highest BCUT2D eigenvalue weighted by atomic mass is 35.5. The molecular formula is C26H24ClF3N2O4. The van der Waals surface area contributed by atoms with Crippen LogP contribution < -0.4 is 5.32 Å². The highest BCUT2D eigenvalue weighted by molar-refractivity contribution is 6.30. The molecule has 2 aromatic carbocycles. The van der Waals surface area contributed by atoms with Gasteiger partial charge in [-0.25, -0.2) is 0 Å². The molecular weight excluding hydrogens is 497 g/mol. The SMILES string of the molecule is Cc1nc(-c2ccc(C(F)(F)F)cc2)c(-c2ccc(Cl)cc2)cc1COC(C)(C)C(=O)NCC(=O)O. The number of pyridine rings is 1. The van der Waals surface area contributed by atoms with Crippen molar-refractivity contribution in [1.82, 2.24) is 10.3 Å². The van der Waals surface area contributed by atoms with Crippen molar-refractivity contribution in [2.24, 2.45) is 0 Å². The van der Waals surface area contributed by atoms with Gasteiger partial charge in [0.15, 0.2) is 0 Å². The molecule has 1 heterocycles. The molecule has 0 unspecified atom stereocenters. The molecule has 0 saturated heterocycles. The Balaban J connectivity index is 1.98. The van der Waals surface area contributed by atoms with E-state index < -0.39 is 35.8 Å². The number of nitrogens with zero attached hydrogens (tertiary/aromatic N) is 1.